The van der Waals surface area contributed by atoms with E-state index >= 15 is 0 Å². The molecule has 0 aliphatic rings. The van der Waals surface area contributed by atoms with Crippen molar-refractivity contribution in [3.8, 4) is 0 Å². The predicted octanol–water partition coefficient (Wildman–Crippen LogP) is 1.72. The second-order valence-electron chi connectivity index (χ2n) is 5.84. The van der Waals surface area contributed by atoms with Crippen LogP contribution in [0.3, 0.4) is 0 Å². The number of H-pyrrole nitrogens is 1. The van der Waals surface area contributed by atoms with E-state index in [4.69, 9.17) is 0 Å². The van der Waals surface area contributed by atoms with E-state index in [-0.39, 0.29) is 16.2 Å². The Morgan fingerprint density at radius 1 is 1.08 bits per heavy atom. The Balaban J connectivity index is 2.24. The van der Waals surface area contributed by atoms with Crippen molar-refractivity contribution >= 4 is 37.8 Å². The van der Waals surface area contributed by atoms with Crippen LogP contribution in [0.25, 0.3) is 0 Å². The van der Waals surface area contributed by atoms with Crippen LogP contribution in [0, 0.1) is 13.8 Å². The van der Waals surface area contributed by atoms with Gasteiger partial charge < -0.3 is 4.98 Å². The molecule has 0 aliphatic carbocycles. The summed E-state index contributed by atoms with van der Waals surface area (Å²) in [5, 5.41) is 0. The molecule has 3 N–H and O–H groups in total. The Morgan fingerprint density at radius 2 is 1.69 bits per heavy atom. The number of rotatable bonds is 4. The van der Waals surface area contributed by atoms with Crippen molar-refractivity contribution in [3.63, 3.8) is 0 Å². The number of aryl methyl sites for hydroxylation is 1. The molecule has 2 aromatic rings. The molecule has 0 saturated heterocycles. The first-order valence-corrected chi connectivity index (χ1v) is 9.75. The molecule has 26 heavy (non-hydrogen) atoms. The molecule has 0 fully saturated rings. The zero-order valence-corrected chi connectivity index (χ0v) is 17.1. The third-order valence-corrected chi connectivity index (χ3v) is 6.22. The van der Waals surface area contributed by atoms with Gasteiger partial charge in [-0.05, 0) is 59.1 Å². The highest BCUT2D eigenvalue weighted by atomic mass is 79.9. The molecule has 2 amide bonds. The number of carbonyl (C=O) groups excluding carboxylic acids is 2. The van der Waals surface area contributed by atoms with Crippen molar-refractivity contribution in [1.82, 2.24) is 20.1 Å². The fraction of sp³-hybridized carbons (Fsp3) is 0.250. The van der Waals surface area contributed by atoms with Crippen LogP contribution in [0.1, 0.15) is 32.0 Å². The Hall–Kier alpha value is -2.17. The molecule has 0 atom stereocenters. The van der Waals surface area contributed by atoms with Crippen molar-refractivity contribution in [2.75, 3.05) is 14.1 Å². The molecule has 2 rings (SSSR count). The lowest BCUT2D eigenvalue weighted by Crippen LogP contribution is -2.41. The molecule has 0 bridgehead atoms. The number of aromatic amines is 1. The Labute approximate surface area is 160 Å². The fourth-order valence-electron chi connectivity index (χ4n) is 2.17. The standard InChI is InChI=1S/C16H19BrN4O4S/c1-9-5-11(6-14(10(9)2)26(24,25)21(3)4)15(22)19-20-16(23)13-7-12(17)8-18-13/h5-8,18H,1-4H3,(H,19,22)(H,20,23). The van der Waals surface area contributed by atoms with Gasteiger partial charge in [0.05, 0.1) is 4.90 Å². The SMILES string of the molecule is Cc1cc(C(=O)NNC(=O)c2cc(Br)c[nH]2)cc(S(=O)(=O)N(C)C)c1C. The quantitative estimate of drug-likeness (QED) is 0.625. The van der Waals surface area contributed by atoms with E-state index in [0.717, 1.165) is 4.31 Å². The van der Waals surface area contributed by atoms with Gasteiger partial charge in [-0.25, -0.2) is 12.7 Å². The zero-order valence-electron chi connectivity index (χ0n) is 14.7. The van der Waals surface area contributed by atoms with Gasteiger partial charge in [-0.3, -0.25) is 20.4 Å². The molecule has 10 heteroatoms. The average molecular weight is 443 g/mol. The summed E-state index contributed by atoms with van der Waals surface area (Å²) in [6.07, 6.45) is 1.58. The number of aromatic nitrogens is 1. The number of benzene rings is 1. The van der Waals surface area contributed by atoms with Crippen molar-refractivity contribution in [1.29, 1.82) is 0 Å². The van der Waals surface area contributed by atoms with Crippen LogP contribution < -0.4 is 10.9 Å². The minimum absolute atomic E-state index is 0.0484. The van der Waals surface area contributed by atoms with E-state index in [2.05, 4.69) is 31.8 Å². The highest BCUT2D eigenvalue weighted by Gasteiger charge is 2.23. The molecule has 1 aromatic carbocycles. The summed E-state index contributed by atoms with van der Waals surface area (Å²) in [6, 6.07) is 4.42. The van der Waals surface area contributed by atoms with E-state index in [0.29, 0.717) is 15.6 Å². The van der Waals surface area contributed by atoms with Gasteiger partial charge in [-0.1, -0.05) is 0 Å². The molecular formula is C16H19BrN4O4S. The fourth-order valence-corrected chi connectivity index (χ4v) is 3.74. The van der Waals surface area contributed by atoms with Gasteiger partial charge in [-0.15, -0.1) is 0 Å². The van der Waals surface area contributed by atoms with Crippen molar-refractivity contribution in [2.45, 2.75) is 18.7 Å². The third kappa shape index (κ3) is 4.14. The summed E-state index contributed by atoms with van der Waals surface area (Å²) >= 11 is 3.21. The van der Waals surface area contributed by atoms with Crippen LogP contribution in [0.5, 0.6) is 0 Å². The van der Waals surface area contributed by atoms with E-state index in [1.165, 1.54) is 20.2 Å². The van der Waals surface area contributed by atoms with Crippen molar-refractivity contribution < 1.29 is 18.0 Å². The molecule has 0 saturated carbocycles. The first kappa shape index (κ1) is 20.1. The highest BCUT2D eigenvalue weighted by molar-refractivity contribution is 9.10. The summed E-state index contributed by atoms with van der Waals surface area (Å²) < 4.78 is 26.7. The number of nitrogens with zero attached hydrogens (tertiary/aromatic N) is 1. The highest BCUT2D eigenvalue weighted by Crippen LogP contribution is 2.23. The number of sulfonamides is 1. The van der Waals surface area contributed by atoms with Crippen LogP contribution >= 0.6 is 15.9 Å². The number of carbonyl (C=O) groups is 2. The molecule has 8 nitrogen and oxygen atoms in total. The number of hydrogen-bond acceptors (Lipinski definition) is 4. The molecule has 0 radical (unpaired) electrons. The van der Waals surface area contributed by atoms with E-state index in [1.54, 1.807) is 32.2 Å². The molecule has 1 heterocycles. The largest absolute Gasteiger partial charge is 0.356 e. The van der Waals surface area contributed by atoms with Gasteiger partial charge >= 0.3 is 0 Å². The van der Waals surface area contributed by atoms with Crippen LogP contribution in [0.2, 0.25) is 0 Å². The second kappa shape index (κ2) is 7.60. The lowest BCUT2D eigenvalue weighted by Gasteiger charge is -2.16. The van der Waals surface area contributed by atoms with Gasteiger partial charge in [0.1, 0.15) is 5.69 Å². The van der Waals surface area contributed by atoms with Crippen molar-refractivity contribution in [2.24, 2.45) is 0 Å². The maximum Gasteiger partial charge on any atom is 0.286 e. The predicted molar refractivity (Wildman–Crippen MR) is 100 cm³/mol. The second-order valence-corrected chi connectivity index (χ2v) is 8.88. The molecule has 140 valence electrons. The molecule has 0 spiro atoms. The Morgan fingerprint density at radius 3 is 2.23 bits per heavy atom. The zero-order chi connectivity index (χ0) is 19.6. The topological polar surface area (TPSA) is 111 Å². The van der Waals surface area contributed by atoms with E-state index in [9.17, 15) is 18.0 Å². The van der Waals surface area contributed by atoms with Crippen LogP contribution in [0.4, 0.5) is 0 Å². The van der Waals surface area contributed by atoms with Crippen LogP contribution in [0.15, 0.2) is 33.8 Å². The Kier molecular flexibility index (Phi) is 5.89. The first-order chi connectivity index (χ1) is 12.0. The minimum Gasteiger partial charge on any atom is -0.356 e. The molecule has 0 aliphatic heterocycles. The van der Waals surface area contributed by atoms with Gasteiger partial charge in [0.25, 0.3) is 11.8 Å². The summed E-state index contributed by atoms with van der Waals surface area (Å²) in [5.41, 5.74) is 6.15. The smallest absolute Gasteiger partial charge is 0.286 e. The molecule has 0 unspecified atom stereocenters. The maximum atomic E-state index is 12.4. The van der Waals surface area contributed by atoms with Gasteiger partial charge in [0.15, 0.2) is 0 Å². The van der Waals surface area contributed by atoms with Gasteiger partial charge in [0, 0.05) is 30.3 Å². The molecular weight excluding hydrogens is 424 g/mol. The first-order valence-electron chi connectivity index (χ1n) is 7.52. The Bertz CT molecular complexity index is 967. The maximum absolute atomic E-state index is 12.4. The monoisotopic (exact) mass is 442 g/mol. The number of hydrazine groups is 1. The minimum atomic E-state index is -3.70. The normalized spacial score (nSPS) is 11.5. The summed E-state index contributed by atoms with van der Waals surface area (Å²) in [4.78, 5) is 27.1. The van der Waals surface area contributed by atoms with Gasteiger partial charge in [-0.2, -0.15) is 0 Å². The lowest BCUT2D eigenvalue weighted by atomic mass is 10.1. The van der Waals surface area contributed by atoms with Crippen LogP contribution in [-0.4, -0.2) is 43.6 Å². The van der Waals surface area contributed by atoms with E-state index in [1.807, 2.05) is 0 Å². The number of nitrogens with one attached hydrogen (secondary N) is 3. The summed E-state index contributed by atoms with van der Waals surface area (Å²) in [7, 11) is -0.857. The van der Waals surface area contributed by atoms with Gasteiger partial charge in [0.2, 0.25) is 10.0 Å². The van der Waals surface area contributed by atoms with Crippen LogP contribution in [-0.2, 0) is 10.0 Å². The van der Waals surface area contributed by atoms with Crippen molar-refractivity contribution in [3.05, 3.63) is 51.3 Å². The lowest BCUT2D eigenvalue weighted by molar-refractivity contribution is 0.0844. The number of halogens is 1. The summed E-state index contributed by atoms with van der Waals surface area (Å²) in [6.45, 7) is 3.40. The molecule has 1 aromatic heterocycles. The summed E-state index contributed by atoms with van der Waals surface area (Å²) in [5.74, 6) is -1.16. The number of hydrogen-bond donors (Lipinski definition) is 3. The average Bonchev–Trinajstić information content (AvgIpc) is 3.00. The van der Waals surface area contributed by atoms with E-state index < -0.39 is 21.8 Å². The number of amides is 2. The third-order valence-electron chi connectivity index (χ3n) is 3.82.